The molecule has 1 heterocycles. The fraction of sp³-hybridized carbons (Fsp3) is 0.375. The topological polar surface area (TPSA) is 38.1 Å². The summed E-state index contributed by atoms with van der Waals surface area (Å²) in [6.07, 6.45) is 2.87. The van der Waals surface area contributed by atoms with E-state index < -0.39 is 5.91 Å². The van der Waals surface area contributed by atoms with Crippen LogP contribution in [0.3, 0.4) is 0 Å². The van der Waals surface area contributed by atoms with E-state index in [4.69, 9.17) is 0 Å². The maximum atomic E-state index is 14.2. The van der Waals surface area contributed by atoms with Gasteiger partial charge in [-0.25, -0.2) is 0 Å². The van der Waals surface area contributed by atoms with Gasteiger partial charge in [-0.15, -0.1) is 0 Å². The molecule has 0 aliphatic carbocycles. The predicted octanol–water partition coefficient (Wildman–Crippen LogP) is 3.24. The molecule has 0 unspecified atom stereocenters. The fourth-order valence-electron chi connectivity index (χ4n) is 2.28. The van der Waals surface area contributed by atoms with Gasteiger partial charge in [0.1, 0.15) is 0 Å². The van der Waals surface area contributed by atoms with Crippen LogP contribution in [0.15, 0.2) is 36.7 Å². The van der Waals surface area contributed by atoms with E-state index in [-0.39, 0.29) is 22.6 Å². The van der Waals surface area contributed by atoms with Gasteiger partial charge in [0, 0.05) is 13.2 Å². The van der Waals surface area contributed by atoms with Gasteiger partial charge in [0.15, 0.2) is 0 Å². The molecule has 0 N–H and O–H groups in total. The van der Waals surface area contributed by atoms with E-state index in [1.807, 2.05) is 24.3 Å². The van der Waals surface area contributed by atoms with Crippen molar-refractivity contribution in [1.82, 2.24) is 14.9 Å². The van der Waals surface area contributed by atoms with Crippen LogP contribution in [0.25, 0.3) is 0 Å². The van der Waals surface area contributed by atoms with E-state index in [0.29, 0.717) is 0 Å². The van der Waals surface area contributed by atoms with Gasteiger partial charge in [0.2, 0.25) is 0 Å². The zero-order chi connectivity index (χ0) is 15.6. The average molecular weight is 289 g/mol. The molecule has 2 rings (SSSR count). The van der Waals surface area contributed by atoms with Crippen molar-refractivity contribution in [2.24, 2.45) is 7.05 Å². The number of benzene rings is 1. The Balaban J connectivity index is 2.20. The van der Waals surface area contributed by atoms with Crippen molar-refractivity contribution in [2.75, 3.05) is 0 Å². The molecule has 0 fully saturated rings. The Bertz CT molecular complexity index is 643. The molecule has 112 valence electrons. The zero-order valence-corrected chi connectivity index (χ0v) is 12.8. The molecule has 0 atom stereocenters. The molecule has 1 aromatic carbocycles. The maximum absolute atomic E-state index is 14.2. The first-order valence-electron chi connectivity index (χ1n) is 6.83. The summed E-state index contributed by atoms with van der Waals surface area (Å²) in [6.45, 7) is 6.13. The quantitative estimate of drug-likeness (QED) is 0.814. The maximum Gasteiger partial charge on any atom is 0.285 e. The monoisotopic (exact) mass is 289 g/mol. The summed E-state index contributed by atoms with van der Waals surface area (Å²) in [7, 11) is 1.69. The highest BCUT2D eigenvalue weighted by molar-refractivity contribution is 5.92. The number of amides is 1. The van der Waals surface area contributed by atoms with Crippen LogP contribution in [0.5, 0.6) is 0 Å². The lowest BCUT2D eigenvalue weighted by Crippen LogP contribution is -2.24. The van der Waals surface area contributed by atoms with Gasteiger partial charge in [0.25, 0.3) is 5.91 Å². The highest BCUT2D eigenvalue weighted by Gasteiger charge is 2.22. The summed E-state index contributed by atoms with van der Waals surface area (Å²) in [4.78, 5) is 12.0. The van der Waals surface area contributed by atoms with Crippen molar-refractivity contribution in [3.05, 3.63) is 53.3 Å². The van der Waals surface area contributed by atoms with Crippen molar-refractivity contribution < 1.29 is 9.28 Å². The highest BCUT2D eigenvalue weighted by Crippen LogP contribution is 2.27. The normalized spacial score (nSPS) is 11.5. The molecule has 0 saturated heterocycles. The molecule has 1 aromatic heterocycles. The van der Waals surface area contributed by atoms with Crippen molar-refractivity contribution in [3.8, 4) is 0 Å². The molecule has 0 saturated carbocycles. The molecule has 0 bridgehead atoms. The molecule has 2 aromatic rings. The number of hydrogen-bond donors (Lipinski definition) is 0. The number of nitrogens with zero attached hydrogens (tertiary/aromatic N) is 3. The van der Waals surface area contributed by atoms with Gasteiger partial charge < -0.3 is 0 Å². The third-order valence-electron chi connectivity index (χ3n) is 3.31. The molecular formula is C16H20FN3O. The predicted molar refractivity (Wildman–Crippen MR) is 79.3 cm³/mol. The first kappa shape index (κ1) is 15.2. The largest absolute Gasteiger partial charge is 0.285 e. The summed E-state index contributed by atoms with van der Waals surface area (Å²) in [5.41, 5.74) is 1.99. The van der Waals surface area contributed by atoms with E-state index in [2.05, 4.69) is 25.9 Å². The molecule has 21 heavy (non-hydrogen) atoms. The number of rotatable bonds is 3. The van der Waals surface area contributed by atoms with Crippen LogP contribution in [0.4, 0.5) is 4.48 Å². The van der Waals surface area contributed by atoms with E-state index in [1.165, 1.54) is 17.1 Å². The summed E-state index contributed by atoms with van der Waals surface area (Å²) in [5.74, 6) is -0.674. The number of halogens is 1. The third-order valence-corrected chi connectivity index (χ3v) is 3.31. The van der Waals surface area contributed by atoms with Gasteiger partial charge in [0.05, 0.1) is 18.3 Å². The Morgan fingerprint density at radius 1 is 1.33 bits per heavy atom. The van der Waals surface area contributed by atoms with Crippen LogP contribution in [0, 0.1) is 0 Å². The Kier molecular flexibility index (Phi) is 4.11. The number of aromatic nitrogens is 2. The molecule has 0 radical (unpaired) electrons. The zero-order valence-electron chi connectivity index (χ0n) is 12.8. The lowest BCUT2D eigenvalue weighted by molar-refractivity contribution is 0.0146. The second kappa shape index (κ2) is 5.68. The van der Waals surface area contributed by atoms with Crippen LogP contribution >= 0.6 is 0 Å². The Morgan fingerprint density at radius 3 is 2.57 bits per heavy atom. The average Bonchev–Trinajstić information content (AvgIpc) is 2.84. The van der Waals surface area contributed by atoms with E-state index in [9.17, 15) is 9.28 Å². The highest BCUT2D eigenvalue weighted by atomic mass is 19.2. The van der Waals surface area contributed by atoms with Crippen molar-refractivity contribution >= 4 is 5.91 Å². The van der Waals surface area contributed by atoms with Gasteiger partial charge in [-0.05, 0) is 16.5 Å². The van der Waals surface area contributed by atoms with Gasteiger partial charge in [-0.1, -0.05) is 49.5 Å². The summed E-state index contributed by atoms with van der Waals surface area (Å²) in [5, 5.41) is 4.12. The number of aryl methyl sites for hydroxylation is 1. The van der Waals surface area contributed by atoms with Crippen LogP contribution < -0.4 is 0 Å². The Hall–Kier alpha value is -2.17. The molecule has 4 nitrogen and oxygen atoms in total. The molecule has 0 aliphatic heterocycles. The first-order chi connectivity index (χ1) is 9.79. The number of carbonyl (C=O) groups is 1. The fourth-order valence-corrected chi connectivity index (χ4v) is 2.28. The van der Waals surface area contributed by atoms with Crippen molar-refractivity contribution in [2.45, 2.75) is 32.7 Å². The molecule has 0 spiro atoms. The SMILES string of the molecule is Cn1cc(C(=O)N(F)Cc2ccccc2C(C)(C)C)cn1. The van der Waals surface area contributed by atoms with Crippen LogP contribution in [-0.2, 0) is 19.0 Å². The summed E-state index contributed by atoms with van der Waals surface area (Å²) in [6, 6.07) is 7.60. The number of hydrogen-bond acceptors (Lipinski definition) is 2. The first-order valence-corrected chi connectivity index (χ1v) is 6.83. The second-order valence-electron chi connectivity index (χ2n) is 6.14. The minimum Gasteiger partial charge on any atom is -0.275 e. The molecular weight excluding hydrogens is 269 g/mol. The van der Waals surface area contributed by atoms with Crippen LogP contribution in [0.1, 0.15) is 42.3 Å². The Labute approximate surface area is 124 Å². The van der Waals surface area contributed by atoms with Crippen molar-refractivity contribution in [1.29, 1.82) is 0 Å². The minimum atomic E-state index is -0.674. The van der Waals surface area contributed by atoms with Gasteiger partial charge in [-0.3, -0.25) is 9.48 Å². The van der Waals surface area contributed by atoms with E-state index in [1.54, 1.807) is 7.05 Å². The third kappa shape index (κ3) is 3.48. The van der Waals surface area contributed by atoms with Gasteiger partial charge in [-0.2, -0.15) is 10.2 Å². The molecule has 5 heteroatoms. The lowest BCUT2D eigenvalue weighted by Gasteiger charge is -2.24. The Morgan fingerprint density at radius 2 is 2.00 bits per heavy atom. The smallest absolute Gasteiger partial charge is 0.275 e. The lowest BCUT2D eigenvalue weighted by atomic mass is 9.84. The minimum absolute atomic E-state index is 0.0683. The van der Waals surface area contributed by atoms with Gasteiger partial charge >= 0.3 is 0 Å². The standard InChI is InChI=1S/C16H20FN3O/c1-16(2,3)14-8-6-5-7-12(14)11-20(17)15(21)13-9-18-19(4)10-13/h5-10H,11H2,1-4H3. The summed E-state index contributed by atoms with van der Waals surface area (Å²) >= 11 is 0. The number of carbonyl (C=O) groups excluding carboxylic acids is 1. The second-order valence-corrected chi connectivity index (χ2v) is 6.14. The van der Waals surface area contributed by atoms with E-state index in [0.717, 1.165) is 11.1 Å². The molecule has 0 aliphatic rings. The summed E-state index contributed by atoms with van der Waals surface area (Å²) < 4.78 is 15.7. The van der Waals surface area contributed by atoms with E-state index >= 15 is 0 Å². The van der Waals surface area contributed by atoms with Crippen LogP contribution in [0.2, 0.25) is 0 Å². The van der Waals surface area contributed by atoms with Crippen LogP contribution in [-0.4, -0.2) is 20.8 Å². The molecule has 1 amide bonds. The van der Waals surface area contributed by atoms with Crippen molar-refractivity contribution in [3.63, 3.8) is 0 Å².